The van der Waals surface area contributed by atoms with Gasteiger partial charge in [-0.15, -0.1) is 0 Å². The molecule has 0 unspecified atom stereocenters. The van der Waals surface area contributed by atoms with Crippen LogP contribution in [0.25, 0.3) is 10.9 Å². The number of carbonyl (C=O) groups is 2. The number of H-pyrrole nitrogens is 1. The molecule has 4 rings (SSSR count). The Labute approximate surface area is 162 Å². The molecule has 0 saturated carbocycles. The molecule has 0 atom stereocenters. The zero-order valence-corrected chi connectivity index (χ0v) is 15.6. The molecule has 1 aliphatic heterocycles. The number of rotatable bonds is 7. The van der Waals surface area contributed by atoms with E-state index in [0.717, 1.165) is 28.5 Å². The highest BCUT2D eigenvalue weighted by atomic mass is 16.7. The Morgan fingerprint density at radius 3 is 2.86 bits per heavy atom. The van der Waals surface area contributed by atoms with Gasteiger partial charge in [-0.1, -0.05) is 31.2 Å². The smallest absolute Gasteiger partial charge is 0.306 e. The van der Waals surface area contributed by atoms with Gasteiger partial charge >= 0.3 is 5.97 Å². The summed E-state index contributed by atoms with van der Waals surface area (Å²) in [6, 6.07) is 11.4. The summed E-state index contributed by atoms with van der Waals surface area (Å²) in [5.74, 6) is 0.782. The second-order valence-corrected chi connectivity index (χ2v) is 6.67. The number of hydrogen-bond donors (Lipinski definition) is 1. The second-order valence-electron chi connectivity index (χ2n) is 6.67. The van der Waals surface area contributed by atoms with Crippen molar-refractivity contribution in [2.24, 2.45) is 0 Å². The van der Waals surface area contributed by atoms with Crippen molar-refractivity contribution in [3.8, 4) is 11.5 Å². The number of nitrogens with one attached hydrogen (secondary N) is 1. The van der Waals surface area contributed by atoms with Gasteiger partial charge in [-0.25, -0.2) is 0 Å². The SMILES string of the molecule is CCc1cccc2c(C(=O)COC(=O)CCc3ccc4c(c3)OCO4)c[nH]c12. The van der Waals surface area contributed by atoms with Gasteiger partial charge < -0.3 is 19.2 Å². The Kier molecular flexibility index (Phi) is 5.02. The minimum Gasteiger partial charge on any atom is -0.457 e. The van der Waals surface area contributed by atoms with Crippen LogP contribution in [-0.2, 0) is 22.4 Å². The van der Waals surface area contributed by atoms with Crippen LogP contribution in [0.4, 0.5) is 0 Å². The summed E-state index contributed by atoms with van der Waals surface area (Å²) in [4.78, 5) is 27.7. The lowest BCUT2D eigenvalue weighted by Crippen LogP contribution is -2.14. The molecule has 1 aromatic heterocycles. The van der Waals surface area contributed by atoms with Crippen LogP contribution in [0.5, 0.6) is 11.5 Å². The van der Waals surface area contributed by atoms with Crippen molar-refractivity contribution in [3.05, 3.63) is 59.3 Å². The van der Waals surface area contributed by atoms with Gasteiger partial charge in [0.2, 0.25) is 12.6 Å². The van der Waals surface area contributed by atoms with Crippen molar-refractivity contribution in [1.82, 2.24) is 4.98 Å². The lowest BCUT2D eigenvalue weighted by molar-refractivity contribution is -0.142. The largest absolute Gasteiger partial charge is 0.457 e. The Bertz CT molecular complexity index is 1040. The molecule has 2 heterocycles. The van der Waals surface area contributed by atoms with Gasteiger partial charge in [-0.3, -0.25) is 9.59 Å². The molecule has 144 valence electrons. The Morgan fingerprint density at radius 1 is 1.14 bits per heavy atom. The monoisotopic (exact) mass is 379 g/mol. The summed E-state index contributed by atoms with van der Waals surface area (Å²) in [5, 5.41) is 0.862. The molecule has 28 heavy (non-hydrogen) atoms. The third-order valence-electron chi connectivity index (χ3n) is 4.90. The summed E-state index contributed by atoms with van der Waals surface area (Å²) in [7, 11) is 0. The molecule has 0 aliphatic carbocycles. The maximum Gasteiger partial charge on any atom is 0.306 e. The number of aromatic amines is 1. The molecule has 6 nitrogen and oxygen atoms in total. The number of aryl methyl sites for hydroxylation is 2. The van der Waals surface area contributed by atoms with E-state index < -0.39 is 5.97 Å². The highest BCUT2D eigenvalue weighted by Gasteiger charge is 2.17. The van der Waals surface area contributed by atoms with E-state index in [-0.39, 0.29) is 25.6 Å². The van der Waals surface area contributed by atoms with Crippen molar-refractivity contribution in [1.29, 1.82) is 0 Å². The number of Topliss-reactive ketones (excluding diaryl/α,β-unsaturated/α-hetero) is 1. The van der Waals surface area contributed by atoms with Gasteiger partial charge in [0.1, 0.15) is 0 Å². The zero-order valence-electron chi connectivity index (χ0n) is 15.6. The van der Waals surface area contributed by atoms with E-state index >= 15 is 0 Å². The van der Waals surface area contributed by atoms with Crippen LogP contribution in [0.2, 0.25) is 0 Å². The van der Waals surface area contributed by atoms with E-state index in [1.54, 1.807) is 6.20 Å². The van der Waals surface area contributed by atoms with Gasteiger partial charge in [0.05, 0.1) is 0 Å². The van der Waals surface area contributed by atoms with Crippen LogP contribution in [0, 0.1) is 0 Å². The van der Waals surface area contributed by atoms with E-state index in [0.29, 0.717) is 23.5 Å². The molecule has 3 aromatic rings. The molecule has 0 amide bonds. The molecular formula is C22H21NO5. The summed E-state index contributed by atoms with van der Waals surface area (Å²) in [6.07, 6.45) is 3.27. The number of aromatic nitrogens is 1. The summed E-state index contributed by atoms with van der Waals surface area (Å²) >= 11 is 0. The molecule has 1 aliphatic rings. The first-order chi connectivity index (χ1) is 13.7. The highest BCUT2D eigenvalue weighted by molar-refractivity contribution is 6.09. The first-order valence-corrected chi connectivity index (χ1v) is 9.32. The first-order valence-electron chi connectivity index (χ1n) is 9.32. The quantitative estimate of drug-likeness (QED) is 0.499. The molecule has 6 heteroatoms. The van der Waals surface area contributed by atoms with Crippen LogP contribution in [0.3, 0.4) is 0 Å². The number of esters is 1. The van der Waals surface area contributed by atoms with Gasteiger partial charge in [0, 0.05) is 29.1 Å². The van der Waals surface area contributed by atoms with E-state index in [4.69, 9.17) is 14.2 Å². The standard InChI is InChI=1S/C22H21NO5/c1-2-15-4-3-5-16-17(11-23-22(15)16)18(24)12-26-21(25)9-7-14-6-8-19-20(10-14)28-13-27-19/h3-6,8,10-11,23H,2,7,9,12-13H2,1H3. The third kappa shape index (κ3) is 3.58. The number of benzene rings is 2. The second kappa shape index (κ2) is 7.76. The van der Waals surface area contributed by atoms with Gasteiger partial charge in [-0.2, -0.15) is 0 Å². The average Bonchev–Trinajstić information content (AvgIpc) is 3.36. The fourth-order valence-electron chi connectivity index (χ4n) is 3.38. The average molecular weight is 379 g/mol. The molecule has 1 N–H and O–H groups in total. The molecule has 0 fully saturated rings. The van der Waals surface area contributed by atoms with Crippen molar-refractivity contribution in [2.45, 2.75) is 26.2 Å². The third-order valence-corrected chi connectivity index (χ3v) is 4.90. The van der Waals surface area contributed by atoms with Crippen molar-refractivity contribution >= 4 is 22.7 Å². The number of carbonyl (C=O) groups excluding carboxylic acids is 2. The molecular weight excluding hydrogens is 358 g/mol. The van der Waals surface area contributed by atoms with Crippen LogP contribution in [0.15, 0.2) is 42.6 Å². The van der Waals surface area contributed by atoms with E-state index in [2.05, 4.69) is 11.9 Å². The number of ether oxygens (including phenoxy) is 3. The number of para-hydroxylation sites is 1. The Morgan fingerprint density at radius 2 is 2.00 bits per heavy atom. The van der Waals surface area contributed by atoms with Gasteiger partial charge in [0.15, 0.2) is 18.1 Å². The fraction of sp³-hybridized carbons (Fsp3) is 0.273. The predicted molar refractivity (Wildman–Crippen MR) is 104 cm³/mol. The summed E-state index contributed by atoms with van der Waals surface area (Å²) in [5.41, 5.74) is 3.62. The lowest BCUT2D eigenvalue weighted by Gasteiger charge is -2.05. The van der Waals surface area contributed by atoms with E-state index in [1.807, 2.05) is 36.4 Å². The maximum absolute atomic E-state index is 12.5. The number of fused-ring (bicyclic) bond motifs is 2. The lowest BCUT2D eigenvalue weighted by atomic mass is 10.1. The minimum atomic E-state index is -0.403. The van der Waals surface area contributed by atoms with Crippen molar-refractivity contribution in [2.75, 3.05) is 13.4 Å². The van der Waals surface area contributed by atoms with Crippen molar-refractivity contribution < 1.29 is 23.8 Å². The van der Waals surface area contributed by atoms with Crippen LogP contribution < -0.4 is 9.47 Å². The van der Waals surface area contributed by atoms with E-state index in [9.17, 15) is 9.59 Å². The molecule has 0 saturated heterocycles. The van der Waals surface area contributed by atoms with Crippen LogP contribution >= 0.6 is 0 Å². The van der Waals surface area contributed by atoms with Gasteiger partial charge in [0.25, 0.3) is 0 Å². The molecule has 2 aromatic carbocycles. The van der Waals surface area contributed by atoms with Crippen LogP contribution in [-0.4, -0.2) is 30.1 Å². The molecule has 0 spiro atoms. The zero-order chi connectivity index (χ0) is 19.5. The minimum absolute atomic E-state index is 0.195. The van der Waals surface area contributed by atoms with Crippen LogP contribution in [0.1, 0.15) is 34.8 Å². The normalized spacial score (nSPS) is 12.3. The Hall–Kier alpha value is -3.28. The summed E-state index contributed by atoms with van der Waals surface area (Å²) < 4.78 is 15.8. The van der Waals surface area contributed by atoms with Crippen molar-refractivity contribution in [3.63, 3.8) is 0 Å². The van der Waals surface area contributed by atoms with E-state index in [1.165, 1.54) is 0 Å². The topological polar surface area (TPSA) is 77.6 Å². The first kappa shape index (κ1) is 18.1. The molecule has 0 bridgehead atoms. The number of hydrogen-bond acceptors (Lipinski definition) is 5. The Balaban J connectivity index is 1.33. The van der Waals surface area contributed by atoms with Gasteiger partial charge in [-0.05, 0) is 36.1 Å². The maximum atomic E-state index is 12.5. The predicted octanol–water partition coefficient (Wildman–Crippen LogP) is 3.82. The summed E-state index contributed by atoms with van der Waals surface area (Å²) in [6.45, 7) is 2.03. The fourth-order valence-corrected chi connectivity index (χ4v) is 3.38. The highest BCUT2D eigenvalue weighted by Crippen LogP contribution is 2.32. The number of ketones is 1. The molecule has 0 radical (unpaired) electrons.